The Kier molecular flexibility index (Phi) is 27.2. The van der Waals surface area contributed by atoms with Crippen molar-refractivity contribution in [3.63, 3.8) is 0 Å². The smallest absolute Gasteiger partial charge is 0.0366 e. The van der Waals surface area contributed by atoms with Crippen LogP contribution in [0, 0.1) is 0 Å². The topological polar surface area (TPSA) is 9.72 Å². The number of nitrogens with zero attached hydrogens (tertiary/aromatic N) is 3. The molecule has 0 aliphatic heterocycles. The van der Waals surface area contributed by atoms with Crippen LogP contribution in [0.5, 0.6) is 0 Å². The number of benzene rings is 3. The van der Waals surface area contributed by atoms with E-state index in [0.29, 0.717) is 0 Å². The maximum atomic E-state index is 2.68. The minimum atomic E-state index is 0.199. The summed E-state index contributed by atoms with van der Waals surface area (Å²) in [6.45, 7) is 20.9. The van der Waals surface area contributed by atoms with Gasteiger partial charge >= 0.3 is 0 Å². The van der Waals surface area contributed by atoms with Gasteiger partial charge in [0.1, 0.15) is 0 Å². The first kappa shape index (κ1) is 49.4. The van der Waals surface area contributed by atoms with E-state index in [1.54, 1.807) is 0 Å². The molecule has 3 heteroatoms. The summed E-state index contributed by atoms with van der Waals surface area (Å²) in [6.07, 6.45) is 31.5. The summed E-state index contributed by atoms with van der Waals surface area (Å²) in [6, 6.07) is 29.3. The van der Waals surface area contributed by atoms with Crippen molar-refractivity contribution in [3.05, 3.63) is 89.5 Å². The highest BCUT2D eigenvalue weighted by Crippen LogP contribution is 2.35. The average molecular weight is 794 g/mol. The van der Waals surface area contributed by atoms with Crippen molar-refractivity contribution < 1.29 is 0 Å². The van der Waals surface area contributed by atoms with Crippen LogP contribution in [-0.4, -0.2) is 39.3 Å². The Balaban J connectivity index is 1.96. The van der Waals surface area contributed by atoms with Gasteiger partial charge in [0, 0.05) is 62.2 Å². The number of unbranched alkanes of at least 4 members (excludes halogenated alkanes) is 18. The highest BCUT2D eigenvalue weighted by molar-refractivity contribution is 5.56. The molecule has 3 aromatic carbocycles. The van der Waals surface area contributed by atoms with E-state index >= 15 is 0 Å². The van der Waals surface area contributed by atoms with Gasteiger partial charge in [-0.1, -0.05) is 194 Å². The lowest BCUT2D eigenvalue weighted by Crippen LogP contribution is -2.26. The van der Waals surface area contributed by atoms with Gasteiger partial charge in [-0.15, -0.1) is 0 Å². The monoisotopic (exact) mass is 794 g/mol. The standard InChI is InChI=1S/C55H91N3/c1-7-13-19-25-43-56(44-26-20-14-8-2)52-37-31-49(32-38-52)55(50-33-39-53(40-34-50)57(45-27-21-15-9-3)46-28-22-16-10-4)51-35-41-54(42-36-51)58(47-29-23-17-11-5)48-30-24-18-12-6/h31-42,55H,7-30,43-48H2,1-6H3. The summed E-state index contributed by atoms with van der Waals surface area (Å²) in [4.78, 5) is 8.04. The lowest BCUT2D eigenvalue weighted by molar-refractivity contribution is 0.608. The molecule has 0 saturated heterocycles. The van der Waals surface area contributed by atoms with Crippen LogP contribution < -0.4 is 14.7 Å². The van der Waals surface area contributed by atoms with Crippen molar-refractivity contribution in [2.24, 2.45) is 0 Å². The van der Waals surface area contributed by atoms with Gasteiger partial charge in [0.25, 0.3) is 0 Å². The zero-order chi connectivity index (χ0) is 41.5. The molecule has 0 aromatic heterocycles. The minimum absolute atomic E-state index is 0.199. The van der Waals surface area contributed by atoms with Crippen LogP contribution in [0.4, 0.5) is 17.1 Å². The van der Waals surface area contributed by atoms with E-state index in [2.05, 4.69) is 129 Å². The minimum Gasteiger partial charge on any atom is -0.372 e. The van der Waals surface area contributed by atoms with E-state index in [1.165, 1.54) is 227 Å². The molecule has 0 radical (unpaired) electrons. The normalized spacial score (nSPS) is 11.4. The molecule has 326 valence electrons. The fraction of sp³-hybridized carbons (Fsp3) is 0.673. The Labute approximate surface area is 360 Å². The van der Waals surface area contributed by atoms with Gasteiger partial charge in [0.15, 0.2) is 0 Å². The van der Waals surface area contributed by atoms with E-state index in [1.807, 2.05) is 0 Å². The van der Waals surface area contributed by atoms with Crippen molar-refractivity contribution in [1.82, 2.24) is 0 Å². The predicted octanol–water partition coefficient (Wildman–Crippen LogP) is 16.8. The molecule has 0 unspecified atom stereocenters. The van der Waals surface area contributed by atoms with Crippen LogP contribution in [0.25, 0.3) is 0 Å². The molecule has 0 atom stereocenters. The molecule has 0 bridgehead atoms. The summed E-state index contributed by atoms with van der Waals surface area (Å²) in [5.41, 5.74) is 8.37. The van der Waals surface area contributed by atoms with Gasteiger partial charge in [0.2, 0.25) is 0 Å². The molecule has 0 aliphatic rings. The molecule has 0 aliphatic carbocycles. The van der Waals surface area contributed by atoms with E-state index < -0.39 is 0 Å². The lowest BCUT2D eigenvalue weighted by Gasteiger charge is -2.28. The summed E-state index contributed by atoms with van der Waals surface area (Å²) in [7, 11) is 0. The highest BCUT2D eigenvalue weighted by Gasteiger charge is 2.19. The van der Waals surface area contributed by atoms with E-state index in [4.69, 9.17) is 0 Å². The first-order valence-corrected chi connectivity index (χ1v) is 25.1. The molecule has 3 nitrogen and oxygen atoms in total. The fourth-order valence-electron chi connectivity index (χ4n) is 8.70. The Morgan fingerprint density at radius 2 is 0.448 bits per heavy atom. The summed E-state index contributed by atoms with van der Waals surface area (Å²) < 4.78 is 0. The average Bonchev–Trinajstić information content (AvgIpc) is 3.26. The Bertz CT molecular complexity index is 1160. The Hall–Kier alpha value is -2.94. The Morgan fingerprint density at radius 1 is 0.259 bits per heavy atom. The van der Waals surface area contributed by atoms with E-state index in [0.717, 1.165) is 0 Å². The van der Waals surface area contributed by atoms with Crippen LogP contribution in [0.1, 0.15) is 218 Å². The van der Waals surface area contributed by atoms with Gasteiger partial charge < -0.3 is 14.7 Å². The summed E-state index contributed by atoms with van der Waals surface area (Å²) in [5, 5.41) is 0. The number of hydrogen-bond donors (Lipinski definition) is 0. The van der Waals surface area contributed by atoms with Crippen molar-refractivity contribution in [3.8, 4) is 0 Å². The molecule has 58 heavy (non-hydrogen) atoms. The largest absolute Gasteiger partial charge is 0.372 e. The molecule has 0 spiro atoms. The molecular formula is C55H91N3. The number of anilines is 3. The lowest BCUT2D eigenvalue weighted by atomic mass is 9.84. The second kappa shape index (κ2) is 31.9. The Morgan fingerprint density at radius 3 is 0.621 bits per heavy atom. The maximum absolute atomic E-state index is 2.68. The SMILES string of the molecule is CCCCCCN(CCCCCC)c1ccc(C(c2ccc(N(CCCCCC)CCCCCC)cc2)c2ccc(N(CCCCCC)CCCCCC)cc2)cc1. The third-order valence-corrected chi connectivity index (χ3v) is 12.5. The third kappa shape index (κ3) is 19.0. The third-order valence-electron chi connectivity index (χ3n) is 12.5. The molecule has 0 saturated carbocycles. The van der Waals surface area contributed by atoms with Crippen LogP contribution in [-0.2, 0) is 0 Å². The van der Waals surface area contributed by atoms with E-state index in [-0.39, 0.29) is 5.92 Å². The maximum Gasteiger partial charge on any atom is 0.0366 e. The van der Waals surface area contributed by atoms with Crippen LogP contribution >= 0.6 is 0 Å². The van der Waals surface area contributed by atoms with Crippen LogP contribution in [0.2, 0.25) is 0 Å². The van der Waals surface area contributed by atoms with Crippen molar-refractivity contribution in [1.29, 1.82) is 0 Å². The van der Waals surface area contributed by atoms with Crippen molar-refractivity contribution in [2.45, 2.75) is 202 Å². The van der Waals surface area contributed by atoms with Gasteiger partial charge in [-0.3, -0.25) is 0 Å². The quantitative estimate of drug-likeness (QED) is 0.0429. The molecule has 0 amide bonds. The summed E-state index contributed by atoms with van der Waals surface area (Å²) in [5.74, 6) is 0.199. The highest BCUT2D eigenvalue weighted by atomic mass is 15.1. The molecule has 3 rings (SSSR count). The molecular weight excluding hydrogens is 703 g/mol. The zero-order valence-electron chi connectivity index (χ0n) is 39.1. The fourth-order valence-corrected chi connectivity index (χ4v) is 8.70. The van der Waals surface area contributed by atoms with E-state index in [9.17, 15) is 0 Å². The summed E-state index contributed by atoms with van der Waals surface area (Å²) >= 11 is 0. The number of hydrogen-bond acceptors (Lipinski definition) is 3. The van der Waals surface area contributed by atoms with Gasteiger partial charge in [-0.05, 0) is 91.6 Å². The van der Waals surface area contributed by atoms with Crippen molar-refractivity contribution >= 4 is 17.1 Å². The first-order valence-electron chi connectivity index (χ1n) is 25.1. The van der Waals surface area contributed by atoms with Gasteiger partial charge in [-0.2, -0.15) is 0 Å². The second-order valence-electron chi connectivity index (χ2n) is 17.5. The van der Waals surface area contributed by atoms with Crippen LogP contribution in [0.15, 0.2) is 72.8 Å². The molecule has 0 fully saturated rings. The second-order valence-corrected chi connectivity index (χ2v) is 17.5. The van der Waals surface area contributed by atoms with Gasteiger partial charge in [0.05, 0.1) is 0 Å². The number of rotatable bonds is 36. The predicted molar refractivity (Wildman–Crippen MR) is 262 cm³/mol. The molecule has 3 aromatic rings. The molecule has 0 N–H and O–H groups in total. The van der Waals surface area contributed by atoms with Crippen LogP contribution in [0.3, 0.4) is 0 Å². The first-order chi connectivity index (χ1) is 28.6. The van der Waals surface area contributed by atoms with Crippen molar-refractivity contribution in [2.75, 3.05) is 54.0 Å². The van der Waals surface area contributed by atoms with Gasteiger partial charge in [-0.25, -0.2) is 0 Å². The zero-order valence-corrected chi connectivity index (χ0v) is 39.1. The molecule has 0 heterocycles.